The minimum Gasteiger partial charge on any atom is -0.490 e. The Morgan fingerprint density at radius 1 is 0.962 bits per heavy atom. The van der Waals surface area contributed by atoms with Gasteiger partial charge in [-0.2, -0.15) is 0 Å². The second-order valence-corrected chi connectivity index (χ2v) is 7.91. The number of hydrogen-bond acceptors (Lipinski definition) is 2. The topological polar surface area (TPSA) is 21.8 Å². The van der Waals surface area contributed by atoms with E-state index in [9.17, 15) is 0 Å². The summed E-state index contributed by atoms with van der Waals surface area (Å²) >= 11 is 0. The van der Waals surface area contributed by atoms with Crippen molar-refractivity contribution >= 4 is 0 Å². The van der Waals surface area contributed by atoms with Crippen LogP contribution in [0.25, 0.3) is 0 Å². The first-order chi connectivity index (χ1) is 12.7. The smallest absolute Gasteiger partial charge is 0.123 e. The number of hydrogen-bond donors (Lipinski definition) is 0. The molecule has 1 fully saturated rings. The summed E-state index contributed by atoms with van der Waals surface area (Å²) in [7, 11) is 0. The molecular formula is C24H38O2. The maximum Gasteiger partial charge on any atom is 0.123 e. The van der Waals surface area contributed by atoms with Crippen LogP contribution in [-0.4, -0.2) is 18.8 Å². The second-order valence-electron chi connectivity index (χ2n) is 7.91. The van der Waals surface area contributed by atoms with E-state index in [-0.39, 0.29) is 5.60 Å². The Morgan fingerprint density at radius 3 is 2.31 bits per heavy atom. The van der Waals surface area contributed by atoms with Crippen LogP contribution in [-0.2, 0) is 11.2 Å². The van der Waals surface area contributed by atoms with Gasteiger partial charge in [-0.05, 0) is 57.1 Å². The van der Waals surface area contributed by atoms with Crippen LogP contribution in [0.3, 0.4) is 0 Å². The van der Waals surface area contributed by atoms with Gasteiger partial charge in [-0.1, -0.05) is 69.4 Å². The first-order valence-corrected chi connectivity index (χ1v) is 10.7. The van der Waals surface area contributed by atoms with E-state index in [1.807, 2.05) is 0 Å². The van der Waals surface area contributed by atoms with Crippen molar-refractivity contribution in [3.8, 4) is 5.75 Å². The lowest BCUT2D eigenvalue weighted by molar-refractivity contribution is 0.201. The Hall–Kier alpha value is -1.28. The van der Waals surface area contributed by atoms with Crippen molar-refractivity contribution in [2.24, 2.45) is 0 Å². The average molecular weight is 359 g/mol. The van der Waals surface area contributed by atoms with Gasteiger partial charge in [0, 0.05) is 0 Å². The molecule has 1 aromatic rings. The number of aryl methyl sites for hydroxylation is 1. The largest absolute Gasteiger partial charge is 0.490 e. The molecule has 0 radical (unpaired) electrons. The Kier molecular flexibility index (Phi) is 9.84. The number of unbranched alkanes of at least 4 members (excludes halogenated alkanes) is 8. The van der Waals surface area contributed by atoms with E-state index in [0.717, 1.165) is 18.8 Å². The molecule has 146 valence electrons. The van der Waals surface area contributed by atoms with Gasteiger partial charge in [0.05, 0.1) is 6.61 Å². The van der Waals surface area contributed by atoms with E-state index in [2.05, 4.69) is 50.3 Å². The summed E-state index contributed by atoms with van der Waals surface area (Å²) in [5.41, 5.74) is 1.29. The van der Waals surface area contributed by atoms with Crippen molar-refractivity contribution in [2.45, 2.75) is 90.1 Å². The van der Waals surface area contributed by atoms with Gasteiger partial charge < -0.3 is 9.47 Å². The van der Waals surface area contributed by atoms with E-state index >= 15 is 0 Å². The van der Waals surface area contributed by atoms with Crippen LogP contribution in [0.2, 0.25) is 0 Å². The summed E-state index contributed by atoms with van der Waals surface area (Å²) in [6.45, 7) is 5.86. The predicted octanol–water partition coefficient (Wildman–Crippen LogP) is 6.87. The molecule has 1 aliphatic heterocycles. The lowest BCUT2D eigenvalue weighted by atomic mass is 10.0. The van der Waals surface area contributed by atoms with Crippen LogP contribution >= 0.6 is 0 Å². The summed E-state index contributed by atoms with van der Waals surface area (Å²) in [5.74, 6) is 1.04. The van der Waals surface area contributed by atoms with E-state index in [1.54, 1.807) is 0 Å². The van der Waals surface area contributed by atoms with Crippen LogP contribution in [0.1, 0.15) is 83.6 Å². The summed E-state index contributed by atoms with van der Waals surface area (Å²) in [4.78, 5) is 0. The van der Waals surface area contributed by atoms with Gasteiger partial charge in [0.15, 0.2) is 0 Å². The van der Waals surface area contributed by atoms with E-state index in [0.29, 0.717) is 6.61 Å². The van der Waals surface area contributed by atoms with Crippen molar-refractivity contribution in [2.75, 3.05) is 13.2 Å². The molecule has 1 aliphatic rings. The molecule has 1 unspecified atom stereocenters. The Bertz CT molecular complexity index is 517. The highest BCUT2D eigenvalue weighted by molar-refractivity contribution is 5.33. The first kappa shape index (κ1) is 21.0. The maximum atomic E-state index is 5.99. The minimum absolute atomic E-state index is 0.0450. The number of ether oxygens (including phenoxy) is 2. The van der Waals surface area contributed by atoms with Crippen LogP contribution in [0.15, 0.2) is 36.4 Å². The first-order valence-electron chi connectivity index (χ1n) is 10.7. The summed E-state index contributed by atoms with van der Waals surface area (Å²) in [5, 5.41) is 0. The number of benzene rings is 1. The quantitative estimate of drug-likeness (QED) is 0.194. The molecule has 1 aromatic carbocycles. The van der Waals surface area contributed by atoms with Crippen LogP contribution in [0, 0.1) is 0 Å². The molecule has 1 atom stereocenters. The highest BCUT2D eigenvalue weighted by Gasteiger charge is 2.40. The van der Waals surface area contributed by atoms with Gasteiger partial charge in [0.1, 0.15) is 18.0 Å². The molecule has 0 spiro atoms. The SMILES string of the molecule is CCCCCC/C=C/CCCCCCc1ccccc1OCC1(C)CO1. The van der Waals surface area contributed by atoms with E-state index in [4.69, 9.17) is 9.47 Å². The Morgan fingerprint density at radius 2 is 1.62 bits per heavy atom. The number of epoxide rings is 1. The summed E-state index contributed by atoms with van der Waals surface area (Å²) < 4.78 is 11.4. The third kappa shape index (κ3) is 8.89. The fraction of sp³-hybridized carbons (Fsp3) is 0.667. The van der Waals surface area contributed by atoms with Crippen molar-refractivity contribution in [1.82, 2.24) is 0 Å². The van der Waals surface area contributed by atoms with Gasteiger partial charge in [0.25, 0.3) is 0 Å². The zero-order valence-electron chi connectivity index (χ0n) is 17.0. The molecule has 26 heavy (non-hydrogen) atoms. The minimum atomic E-state index is -0.0450. The standard InChI is InChI=1S/C24H38O2/c1-3-4-5-6-7-8-9-10-11-12-13-14-17-22-18-15-16-19-23(22)25-20-24(2)21-26-24/h8-9,15-16,18-19H,3-7,10-14,17,20-21H2,1-2H3/b9-8+. The molecule has 2 rings (SSSR count). The van der Waals surface area contributed by atoms with Crippen LogP contribution in [0.5, 0.6) is 5.75 Å². The molecule has 0 amide bonds. The van der Waals surface area contributed by atoms with Crippen molar-refractivity contribution in [1.29, 1.82) is 0 Å². The van der Waals surface area contributed by atoms with Gasteiger partial charge in [0.2, 0.25) is 0 Å². The fourth-order valence-electron chi connectivity index (χ4n) is 3.14. The number of rotatable bonds is 15. The average Bonchev–Trinajstić information content (AvgIpc) is 3.39. The van der Waals surface area contributed by atoms with Crippen LogP contribution < -0.4 is 4.74 Å². The van der Waals surface area contributed by atoms with Crippen LogP contribution in [0.4, 0.5) is 0 Å². The monoisotopic (exact) mass is 358 g/mol. The molecule has 0 aromatic heterocycles. The fourth-order valence-corrected chi connectivity index (χ4v) is 3.14. The molecular weight excluding hydrogens is 320 g/mol. The highest BCUT2D eigenvalue weighted by Crippen LogP contribution is 2.28. The normalized spacial score (nSPS) is 19.2. The summed E-state index contributed by atoms with van der Waals surface area (Å²) in [6, 6.07) is 8.46. The van der Waals surface area contributed by atoms with Crippen molar-refractivity contribution < 1.29 is 9.47 Å². The third-order valence-electron chi connectivity index (χ3n) is 5.10. The van der Waals surface area contributed by atoms with E-state index < -0.39 is 0 Å². The highest BCUT2D eigenvalue weighted by atomic mass is 16.6. The molecule has 1 saturated heterocycles. The van der Waals surface area contributed by atoms with Gasteiger partial charge in [-0.15, -0.1) is 0 Å². The van der Waals surface area contributed by atoms with Gasteiger partial charge >= 0.3 is 0 Å². The molecule has 2 heteroatoms. The lowest BCUT2D eigenvalue weighted by Gasteiger charge is -2.13. The number of para-hydroxylation sites is 1. The Labute approximate surface area is 161 Å². The second kappa shape index (κ2) is 12.2. The lowest BCUT2D eigenvalue weighted by Crippen LogP contribution is -2.17. The van der Waals surface area contributed by atoms with E-state index in [1.165, 1.54) is 69.8 Å². The Balaban J connectivity index is 1.51. The maximum absolute atomic E-state index is 5.99. The molecule has 0 aliphatic carbocycles. The van der Waals surface area contributed by atoms with Crippen molar-refractivity contribution in [3.63, 3.8) is 0 Å². The summed E-state index contributed by atoms with van der Waals surface area (Å²) in [6.07, 6.45) is 19.0. The van der Waals surface area contributed by atoms with Gasteiger partial charge in [-0.3, -0.25) is 0 Å². The zero-order valence-corrected chi connectivity index (χ0v) is 17.0. The molecule has 0 bridgehead atoms. The molecule has 0 saturated carbocycles. The molecule has 1 heterocycles. The zero-order chi connectivity index (χ0) is 18.5. The van der Waals surface area contributed by atoms with Gasteiger partial charge in [-0.25, -0.2) is 0 Å². The third-order valence-corrected chi connectivity index (χ3v) is 5.10. The number of allylic oxidation sites excluding steroid dienone is 2. The van der Waals surface area contributed by atoms with Crippen molar-refractivity contribution in [3.05, 3.63) is 42.0 Å². The molecule has 2 nitrogen and oxygen atoms in total. The predicted molar refractivity (Wildman–Crippen MR) is 111 cm³/mol. The molecule has 0 N–H and O–H groups in total.